The quantitative estimate of drug-likeness (QED) is 0.408. The van der Waals surface area contributed by atoms with E-state index in [0.717, 1.165) is 0 Å². The zero-order chi connectivity index (χ0) is 3.58. The smallest absolute Gasteiger partial charge is 0.0334 e. The van der Waals surface area contributed by atoms with Gasteiger partial charge in [0.2, 0.25) is 0 Å². The molecule has 0 fully saturated rings. The van der Waals surface area contributed by atoms with Crippen molar-refractivity contribution in [3.05, 3.63) is 5.92 Å². The minimum atomic E-state index is 0. The van der Waals surface area contributed by atoms with Crippen molar-refractivity contribution in [2.75, 3.05) is 0 Å². The Hall–Kier alpha value is -0.0400. The van der Waals surface area contributed by atoms with Gasteiger partial charge in [0.1, 0.15) is 0 Å². The molecule has 0 aromatic carbocycles. The summed E-state index contributed by atoms with van der Waals surface area (Å²) < 4.78 is 0. The summed E-state index contributed by atoms with van der Waals surface area (Å²) in [5, 5.41) is 0. The van der Waals surface area contributed by atoms with Crippen LogP contribution in [-0.2, 0) is 0 Å². The van der Waals surface area contributed by atoms with E-state index >= 15 is 0 Å². The molecule has 0 saturated carbocycles. The number of rotatable bonds is 0. The van der Waals surface area contributed by atoms with E-state index in [9.17, 15) is 0 Å². The molecule has 0 aliphatic heterocycles. The molecule has 1 heteroatoms. The first-order valence-electron chi connectivity index (χ1n) is 1.50. The summed E-state index contributed by atoms with van der Waals surface area (Å²) in [6.45, 7) is 6.25. The molecule has 33 valence electrons. The van der Waals surface area contributed by atoms with E-state index in [2.05, 4.69) is 20.8 Å². The van der Waals surface area contributed by atoms with Crippen LogP contribution >= 0.6 is 0 Å². The maximum Gasteiger partial charge on any atom is -0.0334 e. The molecule has 0 aromatic heterocycles. The molecule has 0 heterocycles. The largest absolute Gasteiger partial charge is 0.412 e. The van der Waals surface area contributed by atoms with Gasteiger partial charge in [0.15, 0.2) is 0 Å². The molecule has 0 rings (SSSR count). The van der Waals surface area contributed by atoms with Gasteiger partial charge >= 0.3 is 0 Å². The Bertz CT molecular complexity index is 8.36. The lowest BCUT2D eigenvalue weighted by atomic mass is 10.3. The zero-order valence-corrected chi connectivity index (χ0v) is 4.00. The molecule has 0 aliphatic rings. The molecule has 0 amide bonds. The third-order valence-corrected chi connectivity index (χ3v) is 0. The minimum Gasteiger partial charge on any atom is -0.412 e. The lowest BCUT2D eigenvalue weighted by molar-refractivity contribution is 0.824. The van der Waals surface area contributed by atoms with E-state index in [1.54, 1.807) is 0 Å². The summed E-state index contributed by atoms with van der Waals surface area (Å²) in [6, 6.07) is 0. The first-order chi connectivity index (χ1) is 1.73. The Kier molecular flexibility index (Phi) is 7.03. The molecule has 2 N–H and O–H groups in total. The van der Waals surface area contributed by atoms with Crippen LogP contribution in [-0.4, -0.2) is 5.48 Å². The van der Waals surface area contributed by atoms with Crippen molar-refractivity contribution in [2.24, 2.45) is 0 Å². The number of hydrogen-bond donors (Lipinski definition) is 0. The fourth-order valence-electron chi connectivity index (χ4n) is 0. The summed E-state index contributed by atoms with van der Waals surface area (Å²) in [6.07, 6.45) is 0. The highest BCUT2D eigenvalue weighted by Crippen LogP contribution is 1.85. The molecule has 0 spiro atoms. The predicted molar refractivity (Wildman–Crippen MR) is 23.9 cm³/mol. The predicted octanol–water partition coefficient (Wildman–Crippen LogP) is 0.796. The molecule has 0 saturated heterocycles. The first kappa shape index (κ1) is 8.88. The van der Waals surface area contributed by atoms with E-state index in [-0.39, 0.29) is 5.48 Å². The fourth-order valence-corrected chi connectivity index (χ4v) is 0. The fraction of sp³-hybridized carbons (Fsp3) is 0.750. The van der Waals surface area contributed by atoms with E-state index < -0.39 is 0 Å². The molecule has 0 bridgehead atoms. The average molecular weight is 75.1 g/mol. The van der Waals surface area contributed by atoms with Gasteiger partial charge in [0, 0.05) is 0 Å². The van der Waals surface area contributed by atoms with Crippen LogP contribution in [0.1, 0.15) is 20.8 Å². The number of hydrogen-bond acceptors (Lipinski definition) is 0. The van der Waals surface area contributed by atoms with E-state index in [1.807, 2.05) is 0 Å². The van der Waals surface area contributed by atoms with Gasteiger partial charge in [0.05, 0.1) is 0 Å². The second-order valence-electron chi connectivity index (χ2n) is 1.50. The standard InChI is InChI=1S/C4H9.H2O/c1-4(2)3;/h1-3H3;1H2. The van der Waals surface area contributed by atoms with Gasteiger partial charge in [-0.15, -0.1) is 0 Å². The molecule has 0 unspecified atom stereocenters. The van der Waals surface area contributed by atoms with Crippen LogP contribution in [0.4, 0.5) is 0 Å². The second kappa shape index (κ2) is 3.96. The van der Waals surface area contributed by atoms with Crippen molar-refractivity contribution in [1.82, 2.24) is 0 Å². The maximum absolute atomic E-state index is 2.08. The van der Waals surface area contributed by atoms with Crippen LogP contribution in [0.15, 0.2) is 0 Å². The van der Waals surface area contributed by atoms with E-state index in [0.29, 0.717) is 0 Å². The molecular weight excluding hydrogens is 64.0 g/mol. The monoisotopic (exact) mass is 75.1 g/mol. The summed E-state index contributed by atoms with van der Waals surface area (Å²) in [7, 11) is 0. The molecular formula is C4H11O. The third kappa shape index (κ3) is 9510. The van der Waals surface area contributed by atoms with Crippen molar-refractivity contribution in [3.63, 3.8) is 0 Å². The third-order valence-electron chi connectivity index (χ3n) is 0. The lowest BCUT2D eigenvalue weighted by Crippen LogP contribution is -1.62. The summed E-state index contributed by atoms with van der Waals surface area (Å²) in [5.41, 5.74) is 0. The molecule has 0 aromatic rings. The van der Waals surface area contributed by atoms with Crippen molar-refractivity contribution in [1.29, 1.82) is 0 Å². The second-order valence-corrected chi connectivity index (χ2v) is 1.50. The maximum atomic E-state index is 2.08. The van der Waals surface area contributed by atoms with Crippen LogP contribution in [0, 0.1) is 5.92 Å². The molecule has 0 aliphatic carbocycles. The highest BCUT2D eigenvalue weighted by Gasteiger charge is 1.69. The van der Waals surface area contributed by atoms with Gasteiger partial charge in [-0.05, 0) is 5.92 Å². The zero-order valence-electron chi connectivity index (χ0n) is 4.00. The normalized spacial score (nSPS) is 7.20. The van der Waals surface area contributed by atoms with Crippen molar-refractivity contribution in [3.8, 4) is 0 Å². The van der Waals surface area contributed by atoms with Gasteiger partial charge < -0.3 is 5.48 Å². The Morgan fingerprint density at radius 1 is 1.00 bits per heavy atom. The van der Waals surface area contributed by atoms with Crippen LogP contribution in [0.3, 0.4) is 0 Å². The van der Waals surface area contributed by atoms with Gasteiger partial charge in [-0.3, -0.25) is 0 Å². The van der Waals surface area contributed by atoms with Gasteiger partial charge in [-0.2, -0.15) is 0 Å². The van der Waals surface area contributed by atoms with Crippen LogP contribution < -0.4 is 0 Å². The Morgan fingerprint density at radius 2 is 1.00 bits per heavy atom. The van der Waals surface area contributed by atoms with Crippen molar-refractivity contribution < 1.29 is 5.48 Å². The highest BCUT2D eigenvalue weighted by molar-refractivity contribution is 4.64. The summed E-state index contributed by atoms with van der Waals surface area (Å²) in [5.74, 6) is 1.42. The van der Waals surface area contributed by atoms with Gasteiger partial charge in [-0.25, -0.2) is 0 Å². The van der Waals surface area contributed by atoms with Crippen LogP contribution in [0.2, 0.25) is 0 Å². The van der Waals surface area contributed by atoms with E-state index in [4.69, 9.17) is 0 Å². The Labute approximate surface area is 33.3 Å². The first-order valence-corrected chi connectivity index (χ1v) is 1.50. The van der Waals surface area contributed by atoms with Crippen LogP contribution in [0.5, 0.6) is 0 Å². The van der Waals surface area contributed by atoms with Crippen molar-refractivity contribution in [2.45, 2.75) is 20.8 Å². The lowest BCUT2D eigenvalue weighted by Gasteiger charge is -1.78. The molecule has 0 atom stereocenters. The minimum absolute atomic E-state index is 0. The molecule has 1 radical (unpaired) electrons. The van der Waals surface area contributed by atoms with Gasteiger partial charge in [-0.1, -0.05) is 20.8 Å². The highest BCUT2D eigenvalue weighted by atomic mass is 16.0. The Balaban J connectivity index is 0. The topological polar surface area (TPSA) is 31.5 Å². The average Bonchev–Trinajstić information content (AvgIpc) is 0.811. The van der Waals surface area contributed by atoms with E-state index in [1.165, 1.54) is 5.92 Å². The van der Waals surface area contributed by atoms with Crippen LogP contribution in [0.25, 0.3) is 0 Å². The summed E-state index contributed by atoms with van der Waals surface area (Å²) >= 11 is 0. The molecule has 1 nitrogen and oxygen atoms in total. The Morgan fingerprint density at radius 3 is 1.00 bits per heavy atom. The SMILES string of the molecule is C[C](C)C.O. The van der Waals surface area contributed by atoms with Gasteiger partial charge in [0.25, 0.3) is 0 Å². The summed E-state index contributed by atoms with van der Waals surface area (Å²) in [4.78, 5) is 0. The van der Waals surface area contributed by atoms with Crippen molar-refractivity contribution >= 4 is 0 Å². The molecule has 5 heavy (non-hydrogen) atoms.